The summed E-state index contributed by atoms with van der Waals surface area (Å²) < 4.78 is 5.95. The fraction of sp³-hybridized carbons (Fsp3) is 0.423. The van der Waals surface area contributed by atoms with Gasteiger partial charge in [0.2, 0.25) is 11.8 Å². The molecule has 2 aromatic rings. The van der Waals surface area contributed by atoms with E-state index in [-0.39, 0.29) is 49.3 Å². The predicted octanol–water partition coefficient (Wildman–Crippen LogP) is 4.11. The lowest BCUT2D eigenvalue weighted by Crippen LogP contribution is -2.48. The first-order valence-corrected chi connectivity index (χ1v) is 12.5. The molecule has 0 aliphatic carbocycles. The van der Waals surface area contributed by atoms with Gasteiger partial charge < -0.3 is 20.3 Å². The number of carbonyl (C=O) groups excluding carboxylic acids is 3. The zero-order valence-corrected chi connectivity index (χ0v) is 21.5. The first kappa shape index (κ1) is 26.8. The summed E-state index contributed by atoms with van der Waals surface area (Å²) >= 11 is 12.2. The number of halogens is 2. The van der Waals surface area contributed by atoms with Crippen molar-refractivity contribution in [3.63, 3.8) is 0 Å². The molecule has 7 nitrogen and oxygen atoms in total. The fourth-order valence-corrected chi connectivity index (χ4v) is 4.15. The summed E-state index contributed by atoms with van der Waals surface area (Å²) in [4.78, 5) is 40.3. The fourth-order valence-electron chi connectivity index (χ4n) is 3.76. The highest BCUT2D eigenvalue weighted by molar-refractivity contribution is 6.31. The van der Waals surface area contributed by atoms with Crippen LogP contribution in [0.4, 0.5) is 0 Å². The van der Waals surface area contributed by atoms with Crippen molar-refractivity contribution in [1.82, 2.24) is 15.5 Å². The highest BCUT2D eigenvalue weighted by atomic mass is 35.5. The van der Waals surface area contributed by atoms with Crippen LogP contribution in [0, 0.1) is 5.92 Å². The van der Waals surface area contributed by atoms with E-state index in [9.17, 15) is 14.4 Å². The van der Waals surface area contributed by atoms with E-state index in [1.54, 1.807) is 41.3 Å². The van der Waals surface area contributed by atoms with E-state index in [1.165, 1.54) is 0 Å². The number of benzene rings is 2. The Balaban J connectivity index is 1.77. The molecule has 1 aliphatic heterocycles. The van der Waals surface area contributed by atoms with Crippen molar-refractivity contribution in [2.75, 3.05) is 26.2 Å². The van der Waals surface area contributed by atoms with Crippen molar-refractivity contribution in [2.24, 2.45) is 5.92 Å². The van der Waals surface area contributed by atoms with E-state index in [0.717, 1.165) is 5.56 Å². The van der Waals surface area contributed by atoms with Crippen LogP contribution in [-0.2, 0) is 16.0 Å². The Kier molecular flexibility index (Phi) is 9.81. The van der Waals surface area contributed by atoms with E-state index in [2.05, 4.69) is 10.6 Å². The summed E-state index contributed by atoms with van der Waals surface area (Å²) in [6, 6.07) is 11.7. The van der Waals surface area contributed by atoms with Gasteiger partial charge in [-0.1, -0.05) is 49.2 Å². The van der Waals surface area contributed by atoms with Crippen LogP contribution in [0.15, 0.2) is 42.5 Å². The molecule has 35 heavy (non-hydrogen) atoms. The first-order chi connectivity index (χ1) is 16.7. The van der Waals surface area contributed by atoms with Crippen LogP contribution in [0.5, 0.6) is 5.75 Å². The molecule has 1 atom stereocenters. The number of carbonyl (C=O) groups is 3. The Morgan fingerprint density at radius 3 is 2.63 bits per heavy atom. The third-order valence-electron chi connectivity index (χ3n) is 5.83. The summed E-state index contributed by atoms with van der Waals surface area (Å²) in [5, 5.41) is 6.87. The average Bonchev–Trinajstić information content (AvgIpc) is 2.80. The summed E-state index contributed by atoms with van der Waals surface area (Å²) in [7, 11) is 0. The van der Waals surface area contributed by atoms with Crippen molar-refractivity contribution in [2.45, 2.75) is 39.2 Å². The maximum atomic E-state index is 13.1. The molecule has 3 rings (SSSR count). The number of nitrogens with zero attached hydrogens (tertiary/aromatic N) is 1. The van der Waals surface area contributed by atoms with Gasteiger partial charge in [-0.3, -0.25) is 14.4 Å². The maximum absolute atomic E-state index is 13.1. The van der Waals surface area contributed by atoms with E-state index >= 15 is 0 Å². The summed E-state index contributed by atoms with van der Waals surface area (Å²) in [6.45, 7) is 4.87. The van der Waals surface area contributed by atoms with Crippen LogP contribution < -0.4 is 15.4 Å². The van der Waals surface area contributed by atoms with Gasteiger partial charge in [0, 0.05) is 23.1 Å². The topological polar surface area (TPSA) is 87.7 Å². The van der Waals surface area contributed by atoms with E-state index in [0.29, 0.717) is 47.3 Å². The molecule has 0 radical (unpaired) electrons. The predicted molar refractivity (Wildman–Crippen MR) is 137 cm³/mol. The number of rotatable bonds is 3. The van der Waals surface area contributed by atoms with E-state index < -0.39 is 0 Å². The molecule has 1 heterocycles. The lowest BCUT2D eigenvalue weighted by atomic mass is 10.1. The largest absolute Gasteiger partial charge is 0.491 e. The third kappa shape index (κ3) is 8.15. The number of amides is 3. The minimum atomic E-state index is -0.316. The molecule has 0 spiro atoms. The molecule has 9 heteroatoms. The second-order valence-corrected chi connectivity index (χ2v) is 9.83. The maximum Gasteiger partial charge on any atom is 0.255 e. The average molecular weight is 520 g/mol. The minimum absolute atomic E-state index is 0.0544. The summed E-state index contributed by atoms with van der Waals surface area (Å²) in [5.74, 6) is -0.228. The standard InChI is InChI=1S/C26H31Cl2N3O4/c1-17(2)22-16-35-23-9-8-20(28)14-21(23)26(34)29-10-3-4-11-31(15-24(32)30-22)25(33)13-18-6-5-7-19(27)12-18/h5-9,12,14,17,22H,3-4,10-11,13,15-16H2,1-2H3,(H,29,34)(H,30,32)/t22-/m0/s1. The monoisotopic (exact) mass is 519 g/mol. The molecule has 0 saturated carbocycles. The normalized spacial score (nSPS) is 18.0. The molecule has 0 unspecified atom stereocenters. The first-order valence-electron chi connectivity index (χ1n) is 11.7. The second-order valence-electron chi connectivity index (χ2n) is 8.95. The van der Waals surface area contributed by atoms with Crippen molar-refractivity contribution in [3.05, 3.63) is 63.6 Å². The van der Waals surface area contributed by atoms with E-state index in [4.69, 9.17) is 27.9 Å². The van der Waals surface area contributed by atoms with Gasteiger partial charge in [-0.05, 0) is 54.7 Å². The minimum Gasteiger partial charge on any atom is -0.491 e. The summed E-state index contributed by atoms with van der Waals surface area (Å²) in [5.41, 5.74) is 1.13. The van der Waals surface area contributed by atoms with Gasteiger partial charge in [0.15, 0.2) is 0 Å². The number of hydrogen-bond acceptors (Lipinski definition) is 4. The molecule has 2 aromatic carbocycles. The zero-order valence-electron chi connectivity index (χ0n) is 20.0. The van der Waals surface area contributed by atoms with Crippen LogP contribution in [0.25, 0.3) is 0 Å². The SMILES string of the molecule is CC(C)[C@@H]1COc2ccc(Cl)cc2C(=O)NCCCCN(C(=O)Cc2cccc(Cl)c2)CC(=O)N1. The van der Waals surface area contributed by atoms with E-state index in [1.807, 2.05) is 19.9 Å². The lowest BCUT2D eigenvalue weighted by molar-refractivity contribution is -0.136. The van der Waals surface area contributed by atoms with Crippen LogP contribution >= 0.6 is 23.2 Å². The number of hydrogen-bond donors (Lipinski definition) is 2. The van der Waals surface area contributed by atoms with Crippen LogP contribution in [0.2, 0.25) is 10.0 Å². The van der Waals surface area contributed by atoms with Crippen LogP contribution in [0.3, 0.4) is 0 Å². The van der Waals surface area contributed by atoms with Gasteiger partial charge in [0.1, 0.15) is 12.4 Å². The number of ether oxygens (including phenoxy) is 1. The molecule has 3 amide bonds. The van der Waals surface area contributed by atoms with Gasteiger partial charge in [-0.2, -0.15) is 0 Å². The molecule has 2 N–H and O–H groups in total. The Labute approximate surface area is 216 Å². The molecule has 0 aromatic heterocycles. The molecule has 0 fully saturated rings. The van der Waals surface area contributed by atoms with Gasteiger partial charge in [-0.15, -0.1) is 0 Å². The van der Waals surface area contributed by atoms with Crippen LogP contribution in [-0.4, -0.2) is 54.9 Å². The molecule has 0 saturated heterocycles. The molecule has 0 bridgehead atoms. The number of fused-ring (bicyclic) bond motifs is 1. The van der Waals surface area contributed by atoms with Gasteiger partial charge in [0.05, 0.1) is 24.6 Å². The second kappa shape index (κ2) is 12.8. The number of nitrogens with one attached hydrogen (secondary N) is 2. The van der Waals surface area contributed by atoms with Crippen molar-refractivity contribution < 1.29 is 19.1 Å². The third-order valence-corrected chi connectivity index (χ3v) is 6.30. The Morgan fingerprint density at radius 1 is 1.11 bits per heavy atom. The molecule has 188 valence electrons. The van der Waals surface area contributed by atoms with Gasteiger partial charge >= 0.3 is 0 Å². The summed E-state index contributed by atoms with van der Waals surface area (Å²) in [6.07, 6.45) is 1.42. The van der Waals surface area contributed by atoms with Crippen molar-refractivity contribution >= 4 is 40.9 Å². The Hall–Kier alpha value is -2.77. The quantitative estimate of drug-likeness (QED) is 0.638. The van der Waals surface area contributed by atoms with Gasteiger partial charge in [-0.25, -0.2) is 0 Å². The Bertz CT molecular complexity index is 1060. The highest BCUT2D eigenvalue weighted by Crippen LogP contribution is 2.24. The van der Waals surface area contributed by atoms with Crippen molar-refractivity contribution in [3.8, 4) is 5.75 Å². The highest BCUT2D eigenvalue weighted by Gasteiger charge is 2.23. The molecular weight excluding hydrogens is 489 g/mol. The molecule has 1 aliphatic rings. The van der Waals surface area contributed by atoms with Gasteiger partial charge in [0.25, 0.3) is 5.91 Å². The zero-order chi connectivity index (χ0) is 25.4. The smallest absolute Gasteiger partial charge is 0.255 e. The van der Waals surface area contributed by atoms with Crippen molar-refractivity contribution in [1.29, 1.82) is 0 Å². The lowest BCUT2D eigenvalue weighted by Gasteiger charge is -2.26. The van der Waals surface area contributed by atoms with Crippen LogP contribution in [0.1, 0.15) is 42.6 Å². The molecular formula is C26H31Cl2N3O4. The Morgan fingerprint density at radius 2 is 1.89 bits per heavy atom.